The average Bonchev–Trinajstić information content (AvgIpc) is 2.10. The number of hydrogen-bond donors (Lipinski definition) is 0. The van der Waals surface area contributed by atoms with Gasteiger partial charge in [0, 0.05) is 13.1 Å². The van der Waals surface area contributed by atoms with Crippen LogP contribution in [0.1, 0.15) is 13.8 Å². The normalized spacial score (nSPS) is 11.8. The second-order valence-electron chi connectivity index (χ2n) is 3.01. The Morgan fingerprint density at radius 1 is 1.38 bits per heavy atom. The maximum atomic E-state index is 11.1. The smallest absolute Gasteiger partial charge is 0.269 e. The molecule has 0 saturated heterocycles. The van der Waals surface area contributed by atoms with Gasteiger partial charge in [0.1, 0.15) is 0 Å². The van der Waals surface area contributed by atoms with E-state index < -0.39 is 0 Å². The molecule has 0 rings (SSSR count). The van der Waals surface area contributed by atoms with Crippen molar-refractivity contribution in [2.45, 2.75) is 13.8 Å². The summed E-state index contributed by atoms with van der Waals surface area (Å²) in [5.41, 5.74) is 0. The summed E-state index contributed by atoms with van der Waals surface area (Å²) in [4.78, 5) is 15.8. The highest BCUT2D eigenvalue weighted by atomic mass is 16.7. The second kappa shape index (κ2) is 6.43. The molecule has 0 aromatic heterocycles. The van der Waals surface area contributed by atoms with E-state index in [9.17, 15) is 4.79 Å². The van der Waals surface area contributed by atoms with Crippen LogP contribution in [0.15, 0.2) is 24.3 Å². The third-order valence-corrected chi connectivity index (χ3v) is 1.43. The third-order valence-electron chi connectivity index (χ3n) is 1.43. The van der Waals surface area contributed by atoms with Gasteiger partial charge >= 0.3 is 0 Å². The van der Waals surface area contributed by atoms with Crippen LogP contribution in [-0.2, 0) is 9.63 Å². The van der Waals surface area contributed by atoms with Crippen molar-refractivity contribution in [3.8, 4) is 0 Å². The number of likely N-dealkylation sites (N-methyl/N-ethyl adjacent to an activating group) is 1. The van der Waals surface area contributed by atoms with Gasteiger partial charge in [-0.3, -0.25) is 9.63 Å². The molecular weight excluding hydrogens is 166 g/mol. The SMILES string of the molecule is CON(C)C(=O)/C=C/C=C/C(C)C. The molecule has 3 nitrogen and oxygen atoms in total. The summed E-state index contributed by atoms with van der Waals surface area (Å²) >= 11 is 0. The van der Waals surface area contributed by atoms with Crippen LogP contribution in [-0.4, -0.2) is 25.1 Å². The van der Waals surface area contributed by atoms with Crippen molar-refractivity contribution in [2.75, 3.05) is 14.2 Å². The second-order valence-corrected chi connectivity index (χ2v) is 3.01. The number of carbonyl (C=O) groups excluding carboxylic acids is 1. The molecule has 0 spiro atoms. The van der Waals surface area contributed by atoms with Crippen LogP contribution in [0.5, 0.6) is 0 Å². The third kappa shape index (κ3) is 6.11. The lowest BCUT2D eigenvalue weighted by atomic mass is 10.2. The molecule has 0 radical (unpaired) electrons. The van der Waals surface area contributed by atoms with Crippen LogP contribution in [0.2, 0.25) is 0 Å². The molecule has 0 aromatic carbocycles. The highest BCUT2D eigenvalue weighted by Gasteiger charge is 2.00. The van der Waals surface area contributed by atoms with Gasteiger partial charge in [-0.2, -0.15) is 0 Å². The van der Waals surface area contributed by atoms with Crippen molar-refractivity contribution >= 4 is 5.91 Å². The molecule has 0 unspecified atom stereocenters. The van der Waals surface area contributed by atoms with Crippen LogP contribution < -0.4 is 0 Å². The van der Waals surface area contributed by atoms with Gasteiger partial charge < -0.3 is 0 Å². The Morgan fingerprint density at radius 2 is 2.00 bits per heavy atom. The van der Waals surface area contributed by atoms with Crippen LogP contribution in [0, 0.1) is 5.92 Å². The Morgan fingerprint density at radius 3 is 2.46 bits per heavy atom. The van der Waals surface area contributed by atoms with E-state index >= 15 is 0 Å². The fourth-order valence-electron chi connectivity index (χ4n) is 0.619. The van der Waals surface area contributed by atoms with Crippen molar-refractivity contribution in [3.05, 3.63) is 24.3 Å². The summed E-state index contributed by atoms with van der Waals surface area (Å²) in [5.74, 6) is 0.329. The summed E-state index contributed by atoms with van der Waals surface area (Å²) in [6, 6.07) is 0. The van der Waals surface area contributed by atoms with Gasteiger partial charge in [0.05, 0.1) is 7.11 Å². The average molecular weight is 183 g/mol. The summed E-state index contributed by atoms with van der Waals surface area (Å²) in [7, 11) is 3.02. The topological polar surface area (TPSA) is 29.5 Å². The molecule has 0 N–H and O–H groups in total. The molecule has 0 aliphatic rings. The first-order valence-electron chi connectivity index (χ1n) is 4.24. The number of nitrogens with zero attached hydrogens (tertiary/aromatic N) is 1. The molecule has 0 heterocycles. The van der Waals surface area contributed by atoms with Crippen molar-refractivity contribution in [1.82, 2.24) is 5.06 Å². The lowest BCUT2D eigenvalue weighted by Gasteiger charge is -2.09. The number of amides is 1. The predicted molar refractivity (Wildman–Crippen MR) is 52.9 cm³/mol. The molecule has 74 valence electrons. The number of allylic oxidation sites excluding steroid dienone is 3. The number of rotatable bonds is 4. The minimum absolute atomic E-state index is 0.170. The van der Waals surface area contributed by atoms with E-state index in [0.29, 0.717) is 5.92 Å². The van der Waals surface area contributed by atoms with E-state index in [1.165, 1.54) is 18.2 Å². The maximum Gasteiger partial charge on any atom is 0.269 e. The van der Waals surface area contributed by atoms with Crippen LogP contribution in [0.25, 0.3) is 0 Å². The van der Waals surface area contributed by atoms with Crippen molar-refractivity contribution in [3.63, 3.8) is 0 Å². The molecule has 0 aromatic rings. The van der Waals surface area contributed by atoms with Crippen LogP contribution in [0.4, 0.5) is 0 Å². The molecule has 0 aliphatic carbocycles. The van der Waals surface area contributed by atoms with Gasteiger partial charge in [-0.25, -0.2) is 5.06 Å². The standard InChI is InChI=1S/C10H17NO2/c1-9(2)7-5-6-8-10(12)11(3)13-4/h5-9H,1-4H3/b7-5+,8-6+. The van der Waals surface area contributed by atoms with Gasteiger partial charge in [-0.1, -0.05) is 32.1 Å². The fourth-order valence-corrected chi connectivity index (χ4v) is 0.619. The van der Waals surface area contributed by atoms with Gasteiger partial charge in [-0.15, -0.1) is 0 Å². The minimum atomic E-state index is -0.170. The minimum Gasteiger partial charge on any atom is -0.274 e. The first-order valence-corrected chi connectivity index (χ1v) is 4.24. The highest BCUT2D eigenvalue weighted by Crippen LogP contribution is 1.94. The number of carbonyl (C=O) groups is 1. The predicted octanol–water partition coefficient (Wildman–Crippen LogP) is 1.77. The summed E-state index contributed by atoms with van der Waals surface area (Å²) in [6.07, 6.45) is 7.03. The van der Waals surface area contributed by atoms with E-state index in [0.717, 1.165) is 0 Å². The Balaban J connectivity index is 3.91. The highest BCUT2D eigenvalue weighted by molar-refractivity contribution is 5.86. The zero-order valence-corrected chi connectivity index (χ0v) is 8.65. The molecule has 3 heteroatoms. The van der Waals surface area contributed by atoms with Gasteiger partial charge in [0.2, 0.25) is 0 Å². The zero-order chi connectivity index (χ0) is 10.3. The molecule has 0 atom stereocenters. The van der Waals surface area contributed by atoms with Crippen molar-refractivity contribution in [2.24, 2.45) is 5.92 Å². The van der Waals surface area contributed by atoms with E-state index in [2.05, 4.69) is 13.8 Å². The quantitative estimate of drug-likeness (QED) is 0.377. The van der Waals surface area contributed by atoms with Gasteiger partial charge in [0.25, 0.3) is 5.91 Å². The van der Waals surface area contributed by atoms with Crippen LogP contribution >= 0.6 is 0 Å². The number of hydrogen-bond acceptors (Lipinski definition) is 2. The number of hydroxylamine groups is 2. The lowest BCUT2D eigenvalue weighted by molar-refractivity contribution is -0.162. The largest absolute Gasteiger partial charge is 0.274 e. The molecule has 0 aliphatic heterocycles. The first-order chi connectivity index (χ1) is 6.07. The molecule has 13 heavy (non-hydrogen) atoms. The first kappa shape index (κ1) is 11.9. The Labute approximate surface area is 79.6 Å². The molecule has 1 amide bonds. The summed E-state index contributed by atoms with van der Waals surface area (Å²) in [5, 5.41) is 1.17. The van der Waals surface area contributed by atoms with E-state index in [-0.39, 0.29) is 5.91 Å². The summed E-state index contributed by atoms with van der Waals surface area (Å²) in [6.45, 7) is 4.15. The fraction of sp³-hybridized carbons (Fsp3) is 0.500. The molecule has 0 saturated carbocycles. The van der Waals surface area contributed by atoms with Crippen molar-refractivity contribution in [1.29, 1.82) is 0 Å². The van der Waals surface area contributed by atoms with Crippen LogP contribution in [0.3, 0.4) is 0 Å². The Kier molecular flexibility index (Phi) is 5.89. The summed E-state index contributed by atoms with van der Waals surface area (Å²) < 4.78 is 0. The van der Waals surface area contributed by atoms with Crippen molar-refractivity contribution < 1.29 is 9.63 Å². The van der Waals surface area contributed by atoms with E-state index in [4.69, 9.17) is 4.84 Å². The molecule has 0 bridgehead atoms. The van der Waals surface area contributed by atoms with E-state index in [1.807, 2.05) is 12.2 Å². The Hall–Kier alpha value is -1.09. The molecular formula is C10H17NO2. The Bertz CT molecular complexity index is 207. The monoisotopic (exact) mass is 183 g/mol. The lowest BCUT2D eigenvalue weighted by Crippen LogP contribution is -2.22. The van der Waals surface area contributed by atoms with E-state index in [1.54, 1.807) is 13.1 Å². The molecule has 0 fully saturated rings. The van der Waals surface area contributed by atoms with Gasteiger partial charge in [0.15, 0.2) is 0 Å². The maximum absolute atomic E-state index is 11.1. The zero-order valence-electron chi connectivity index (χ0n) is 8.65. The van der Waals surface area contributed by atoms with Gasteiger partial charge in [-0.05, 0) is 5.92 Å².